The molecule has 0 amide bonds. The van der Waals surface area contributed by atoms with Gasteiger partial charge >= 0.3 is 5.97 Å². The second kappa shape index (κ2) is 3.87. The molecular weight excluding hydrogens is 245 g/mol. The normalized spacial score (nSPS) is 9.58. The molecule has 0 saturated heterocycles. The summed E-state index contributed by atoms with van der Waals surface area (Å²) in [6, 6.07) is 2.98. The smallest absolute Gasteiger partial charge is 0.338 e. The average Bonchev–Trinajstić information content (AvgIpc) is 2.01. The molecule has 0 spiro atoms. The minimum atomic E-state index is -0.431. The third-order valence-corrected chi connectivity index (χ3v) is 1.78. The second-order valence-corrected chi connectivity index (χ2v) is 3.19. The van der Waals surface area contributed by atoms with Crippen LogP contribution in [-0.2, 0) is 4.74 Å². The highest BCUT2D eigenvalue weighted by Crippen LogP contribution is 2.15. The van der Waals surface area contributed by atoms with Crippen LogP contribution in [0.15, 0.2) is 16.7 Å². The van der Waals surface area contributed by atoms with E-state index in [0.29, 0.717) is 10.2 Å². The summed E-state index contributed by atoms with van der Waals surface area (Å²) in [6.45, 7) is 0. The van der Waals surface area contributed by atoms with Gasteiger partial charge in [-0.3, -0.25) is 0 Å². The molecular formula is C7H5BrClNO2. The fourth-order valence-electron chi connectivity index (χ4n) is 0.701. The molecule has 0 aliphatic carbocycles. The lowest BCUT2D eigenvalue weighted by atomic mass is 10.3. The van der Waals surface area contributed by atoms with Crippen molar-refractivity contribution in [1.29, 1.82) is 0 Å². The lowest BCUT2D eigenvalue weighted by Gasteiger charge is -1.99. The second-order valence-electron chi connectivity index (χ2n) is 1.99. The first-order valence-corrected chi connectivity index (χ1v) is 4.22. The first-order valence-electron chi connectivity index (χ1n) is 3.05. The molecule has 0 saturated carbocycles. The van der Waals surface area contributed by atoms with Crippen molar-refractivity contribution in [2.24, 2.45) is 0 Å². The number of hydrogen-bond acceptors (Lipinski definition) is 3. The van der Waals surface area contributed by atoms with E-state index in [-0.39, 0.29) is 5.15 Å². The van der Waals surface area contributed by atoms with E-state index >= 15 is 0 Å². The largest absolute Gasteiger partial charge is 0.465 e. The van der Waals surface area contributed by atoms with Gasteiger partial charge in [-0.1, -0.05) is 11.6 Å². The number of carbonyl (C=O) groups excluding carboxylic acids is 1. The van der Waals surface area contributed by atoms with Crippen molar-refractivity contribution in [3.8, 4) is 0 Å². The van der Waals surface area contributed by atoms with Gasteiger partial charge in [-0.15, -0.1) is 0 Å². The van der Waals surface area contributed by atoms with E-state index in [1.807, 2.05) is 0 Å². The lowest BCUT2D eigenvalue weighted by molar-refractivity contribution is 0.0600. The standard InChI is InChI=1S/C7H5BrClNO2/c1-12-7(11)4-2-5(8)10-6(9)3-4/h2-3H,1H3. The van der Waals surface area contributed by atoms with E-state index in [1.54, 1.807) is 0 Å². The predicted molar refractivity (Wildman–Crippen MR) is 48.3 cm³/mol. The third kappa shape index (κ3) is 2.19. The zero-order chi connectivity index (χ0) is 9.14. The number of pyridine rings is 1. The maximum Gasteiger partial charge on any atom is 0.338 e. The van der Waals surface area contributed by atoms with Crippen LogP contribution in [0, 0.1) is 0 Å². The molecule has 1 aromatic heterocycles. The number of rotatable bonds is 1. The quantitative estimate of drug-likeness (QED) is 0.567. The van der Waals surface area contributed by atoms with E-state index in [4.69, 9.17) is 11.6 Å². The van der Waals surface area contributed by atoms with Crippen LogP contribution in [0.25, 0.3) is 0 Å². The molecule has 64 valence electrons. The van der Waals surface area contributed by atoms with Gasteiger partial charge in [0.25, 0.3) is 0 Å². The molecule has 0 bridgehead atoms. The Bertz CT molecular complexity index is 296. The molecule has 0 radical (unpaired) electrons. The number of ether oxygens (including phenoxy) is 1. The van der Waals surface area contributed by atoms with Crippen molar-refractivity contribution < 1.29 is 9.53 Å². The molecule has 12 heavy (non-hydrogen) atoms. The monoisotopic (exact) mass is 249 g/mol. The third-order valence-electron chi connectivity index (χ3n) is 1.18. The Morgan fingerprint density at radius 1 is 1.67 bits per heavy atom. The number of esters is 1. The van der Waals surface area contributed by atoms with Crippen LogP contribution in [0.2, 0.25) is 5.15 Å². The minimum absolute atomic E-state index is 0.254. The number of aromatic nitrogens is 1. The van der Waals surface area contributed by atoms with Gasteiger partial charge in [-0.05, 0) is 28.1 Å². The van der Waals surface area contributed by atoms with Crippen LogP contribution < -0.4 is 0 Å². The van der Waals surface area contributed by atoms with Gasteiger partial charge in [-0.25, -0.2) is 9.78 Å². The Labute approximate surface area is 82.8 Å². The number of methoxy groups -OCH3 is 1. The molecule has 0 atom stereocenters. The summed E-state index contributed by atoms with van der Waals surface area (Å²) in [5.41, 5.74) is 0.379. The summed E-state index contributed by atoms with van der Waals surface area (Å²) < 4.78 is 5.01. The maximum absolute atomic E-state index is 11.0. The van der Waals surface area contributed by atoms with Crippen molar-refractivity contribution in [2.45, 2.75) is 0 Å². The van der Waals surface area contributed by atoms with Gasteiger partial charge in [-0.2, -0.15) is 0 Å². The molecule has 0 fully saturated rings. The Hall–Kier alpha value is -0.610. The van der Waals surface area contributed by atoms with Crippen LogP contribution in [-0.4, -0.2) is 18.1 Å². The molecule has 0 aliphatic heterocycles. The van der Waals surface area contributed by atoms with Gasteiger partial charge in [0, 0.05) is 0 Å². The average molecular weight is 250 g/mol. The predicted octanol–water partition coefficient (Wildman–Crippen LogP) is 2.28. The SMILES string of the molecule is COC(=O)c1cc(Cl)nc(Br)c1. The fourth-order valence-corrected chi connectivity index (χ4v) is 1.45. The molecule has 0 N–H and O–H groups in total. The van der Waals surface area contributed by atoms with Crippen molar-refractivity contribution in [3.63, 3.8) is 0 Å². The summed E-state index contributed by atoms with van der Waals surface area (Å²) >= 11 is 8.71. The van der Waals surface area contributed by atoms with Crippen molar-refractivity contribution in [1.82, 2.24) is 4.98 Å². The number of nitrogens with zero attached hydrogens (tertiary/aromatic N) is 1. The first-order chi connectivity index (χ1) is 5.63. The molecule has 0 aliphatic rings. The van der Waals surface area contributed by atoms with Gasteiger partial charge in [0.05, 0.1) is 12.7 Å². The van der Waals surface area contributed by atoms with Crippen molar-refractivity contribution >= 4 is 33.5 Å². The van der Waals surface area contributed by atoms with Gasteiger partial charge in [0.1, 0.15) is 9.76 Å². The Kier molecular flexibility index (Phi) is 3.05. The number of halogens is 2. The molecule has 0 aromatic carbocycles. The van der Waals surface area contributed by atoms with Crippen LogP contribution in [0.4, 0.5) is 0 Å². The lowest BCUT2D eigenvalue weighted by Crippen LogP contribution is -2.01. The van der Waals surface area contributed by atoms with E-state index in [1.165, 1.54) is 19.2 Å². The highest BCUT2D eigenvalue weighted by molar-refractivity contribution is 9.10. The topological polar surface area (TPSA) is 39.2 Å². The van der Waals surface area contributed by atoms with E-state index in [9.17, 15) is 4.79 Å². The first kappa shape index (κ1) is 9.48. The van der Waals surface area contributed by atoms with E-state index in [2.05, 4.69) is 25.7 Å². The summed E-state index contributed by atoms with van der Waals surface area (Å²) in [6.07, 6.45) is 0. The summed E-state index contributed by atoms with van der Waals surface area (Å²) in [4.78, 5) is 14.8. The van der Waals surface area contributed by atoms with Crippen LogP contribution in [0.1, 0.15) is 10.4 Å². The molecule has 1 aromatic rings. The fraction of sp³-hybridized carbons (Fsp3) is 0.143. The van der Waals surface area contributed by atoms with Gasteiger partial charge < -0.3 is 4.74 Å². The van der Waals surface area contributed by atoms with Gasteiger partial charge in [0.15, 0.2) is 0 Å². The Morgan fingerprint density at radius 3 is 2.83 bits per heavy atom. The number of carbonyl (C=O) groups is 1. The molecule has 1 heterocycles. The van der Waals surface area contributed by atoms with Crippen LogP contribution >= 0.6 is 27.5 Å². The summed E-state index contributed by atoms with van der Waals surface area (Å²) in [7, 11) is 1.31. The van der Waals surface area contributed by atoms with Crippen LogP contribution in [0.3, 0.4) is 0 Å². The van der Waals surface area contributed by atoms with E-state index < -0.39 is 5.97 Å². The van der Waals surface area contributed by atoms with Crippen LogP contribution in [0.5, 0.6) is 0 Å². The zero-order valence-corrected chi connectivity index (χ0v) is 8.52. The van der Waals surface area contributed by atoms with Crippen molar-refractivity contribution in [3.05, 3.63) is 27.5 Å². The zero-order valence-electron chi connectivity index (χ0n) is 6.17. The molecule has 0 unspecified atom stereocenters. The van der Waals surface area contributed by atoms with E-state index in [0.717, 1.165) is 0 Å². The Morgan fingerprint density at radius 2 is 2.33 bits per heavy atom. The highest BCUT2D eigenvalue weighted by atomic mass is 79.9. The summed E-state index contributed by atoms with van der Waals surface area (Å²) in [5.74, 6) is -0.431. The minimum Gasteiger partial charge on any atom is -0.465 e. The van der Waals surface area contributed by atoms with Gasteiger partial charge in [0.2, 0.25) is 0 Å². The highest BCUT2D eigenvalue weighted by Gasteiger charge is 2.07. The maximum atomic E-state index is 11.0. The number of hydrogen-bond donors (Lipinski definition) is 0. The molecule has 1 rings (SSSR count). The molecule has 5 heteroatoms. The molecule has 3 nitrogen and oxygen atoms in total. The van der Waals surface area contributed by atoms with Crippen molar-refractivity contribution in [2.75, 3.05) is 7.11 Å². The summed E-state index contributed by atoms with van der Waals surface area (Å²) in [5, 5.41) is 0.254. The Balaban J connectivity index is 3.08.